The molecule has 3 atom stereocenters. The summed E-state index contributed by atoms with van der Waals surface area (Å²) in [7, 11) is 0. The molecule has 2 N–H and O–H groups in total. The van der Waals surface area contributed by atoms with Gasteiger partial charge in [0.15, 0.2) is 0 Å². The summed E-state index contributed by atoms with van der Waals surface area (Å²) in [4.78, 5) is 2.58. The molecule has 18 heavy (non-hydrogen) atoms. The molecule has 2 heterocycles. The van der Waals surface area contributed by atoms with Crippen LogP contribution in [-0.2, 0) is 0 Å². The van der Waals surface area contributed by atoms with Gasteiger partial charge < -0.3 is 10.6 Å². The van der Waals surface area contributed by atoms with E-state index in [4.69, 9.17) is 5.73 Å². The Morgan fingerprint density at radius 2 is 2.06 bits per heavy atom. The highest BCUT2D eigenvalue weighted by atomic mass is 32.2. The van der Waals surface area contributed by atoms with Crippen molar-refractivity contribution in [3.05, 3.63) is 35.9 Å². The van der Waals surface area contributed by atoms with Gasteiger partial charge in [-0.3, -0.25) is 0 Å². The second-order valence-electron chi connectivity index (χ2n) is 5.63. The van der Waals surface area contributed by atoms with E-state index < -0.39 is 0 Å². The lowest BCUT2D eigenvalue weighted by Gasteiger charge is -2.19. The molecular weight excluding hydrogens is 240 g/mol. The third-order valence-electron chi connectivity index (χ3n) is 4.21. The molecule has 2 aliphatic rings. The zero-order valence-electron chi connectivity index (χ0n) is 10.8. The fraction of sp³-hybridized carbons (Fsp3) is 0.600. The van der Waals surface area contributed by atoms with Gasteiger partial charge >= 0.3 is 0 Å². The smallest absolute Gasteiger partial charge is 0.0249 e. The number of thioether (sulfide) groups is 1. The molecule has 3 heteroatoms. The number of nitrogens with zero attached hydrogens (tertiary/aromatic N) is 1. The third-order valence-corrected chi connectivity index (χ3v) is 5.44. The van der Waals surface area contributed by atoms with Crippen LogP contribution < -0.4 is 5.73 Å². The van der Waals surface area contributed by atoms with E-state index in [1.165, 1.54) is 30.0 Å². The lowest BCUT2D eigenvalue weighted by molar-refractivity contribution is 0.285. The lowest BCUT2D eigenvalue weighted by atomic mass is 9.95. The van der Waals surface area contributed by atoms with Crippen molar-refractivity contribution < 1.29 is 0 Å². The fourth-order valence-corrected chi connectivity index (χ4v) is 4.48. The van der Waals surface area contributed by atoms with E-state index in [0.29, 0.717) is 12.0 Å². The zero-order valence-corrected chi connectivity index (χ0v) is 11.6. The first-order valence-electron chi connectivity index (χ1n) is 6.93. The highest BCUT2D eigenvalue weighted by Crippen LogP contribution is 2.29. The Morgan fingerprint density at radius 3 is 2.78 bits per heavy atom. The second-order valence-corrected chi connectivity index (χ2v) is 6.78. The Morgan fingerprint density at radius 1 is 1.22 bits per heavy atom. The van der Waals surface area contributed by atoms with Gasteiger partial charge in [0.2, 0.25) is 0 Å². The van der Waals surface area contributed by atoms with Crippen molar-refractivity contribution in [3.63, 3.8) is 0 Å². The van der Waals surface area contributed by atoms with Gasteiger partial charge in [-0.15, -0.1) is 0 Å². The van der Waals surface area contributed by atoms with Gasteiger partial charge in [-0.1, -0.05) is 30.3 Å². The molecule has 3 rings (SSSR count). The van der Waals surface area contributed by atoms with E-state index in [2.05, 4.69) is 47.0 Å². The predicted molar refractivity (Wildman–Crippen MR) is 79.0 cm³/mol. The monoisotopic (exact) mass is 262 g/mol. The van der Waals surface area contributed by atoms with Crippen LogP contribution >= 0.6 is 11.8 Å². The van der Waals surface area contributed by atoms with Crippen molar-refractivity contribution in [1.29, 1.82) is 0 Å². The second kappa shape index (κ2) is 5.64. The Kier molecular flexibility index (Phi) is 3.92. The van der Waals surface area contributed by atoms with E-state index in [-0.39, 0.29) is 0 Å². The molecule has 2 fully saturated rings. The standard InChI is InChI=1S/C15H22N2S/c16-15-10-17(8-12-6-7-18-11-12)9-14(15)13-4-2-1-3-5-13/h1-5,12,14-15H,6-11,16H2/t12?,14-,15+/m0/s1. The molecule has 0 amide bonds. The van der Waals surface area contributed by atoms with Crippen LogP contribution in [0.2, 0.25) is 0 Å². The van der Waals surface area contributed by atoms with Crippen LogP contribution in [0, 0.1) is 5.92 Å². The molecule has 1 unspecified atom stereocenters. The fourth-order valence-electron chi connectivity index (χ4n) is 3.21. The molecule has 0 saturated carbocycles. The normalized spacial score (nSPS) is 33.1. The van der Waals surface area contributed by atoms with E-state index in [0.717, 1.165) is 19.0 Å². The number of nitrogens with two attached hydrogens (primary N) is 1. The van der Waals surface area contributed by atoms with Crippen LogP contribution in [0.1, 0.15) is 17.9 Å². The van der Waals surface area contributed by atoms with Crippen LogP contribution in [0.5, 0.6) is 0 Å². The molecule has 0 radical (unpaired) electrons. The van der Waals surface area contributed by atoms with Gasteiger partial charge in [-0.05, 0) is 29.4 Å². The van der Waals surface area contributed by atoms with Crippen molar-refractivity contribution in [3.8, 4) is 0 Å². The topological polar surface area (TPSA) is 29.3 Å². The van der Waals surface area contributed by atoms with Crippen molar-refractivity contribution in [2.45, 2.75) is 18.4 Å². The average Bonchev–Trinajstić information content (AvgIpc) is 3.01. The van der Waals surface area contributed by atoms with Gasteiger partial charge in [0.1, 0.15) is 0 Å². The van der Waals surface area contributed by atoms with Crippen LogP contribution in [0.4, 0.5) is 0 Å². The Hall–Kier alpha value is -0.510. The molecule has 1 aromatic carbocycles. The van der Waals surface area contributed by atoms with Crippen LogP contribution in [0.25, 0.3) is 0 Å². The molecule has 1 aromatic rings. The summed E-state index contributed by atoms with van der Waals surface area (Å²) in [5.74, 6) is 4.13. The van der Waals surface area contributed by atoms with Crippen molar-refractivity contribution >= 4 is 11.8 Å². The van der Waals surface area contributed by atoms with E-state index >= 15 is 0 Å². The Balaban J connectivity index is 1.61. The molecule has 2 aliphatic heterocycles. The zero-order chi connectivity index (χ0) is 12.4. The molecule has 2 saturated heterocycles. The molecule has 0 bridgehead atoms. The SMILES string of the molecule is N[C@@H]1CN(CC2CCSC2)C[C@H]1c1ccccc1. The first kappa shape index (κ1) is 12.5. The number of hydrogen-bond donors (Lipinski definition) is 1. The summed E-state index contributed by atoms with van der Waals surface area (Å²) >= 11 is 2.11. The predicted octanol–water partition coefficient (Wildman–Crippen LogP) is 2.17. The first-order valence-corrected chi connectivity index (χ1v) is 8.09. The maximum atomic E-state index is 6.33. The van der Waals surface area contributed by atoms with E-state index in [1.54, 1.807) is 0 Å². The molecule has 98 valence electrons. The summed E-state index contributed by atoms with van der Waals surface area (Å²) < 4.78 is 0. The number of likely N-dealkylation sites (tertiary alicyclic amines) is 1. The minimum absolute atomic E-state index is 0.307. The summed E-state index contributed by atoms with van der Waals surface area (Å²) in [5.41, 5.74) is 7.74. The first-order chi connectivity index (χ1) is 8.83. The maximum Gasteiger partial charge on any atom is 0.0249 e. The molecule has 0 aliphatic carbocycles. The van der Waals surface area contributed by atoms with Gasteiger partial charge in [0.25, 0.3) is 0 Å². The highest BCUT2D eigenvalue weighted by molar-refractivity contribution is 7.99. The van der Waals surface area contributed by atoms with Crippen molar-refractivity contribution in [1.82, 2.24) is 4.90 Å². The van der Waals surface area contributed by atoms with Crippen molar-refractivity contribution in [2.75, 3.05) is 31.1 Å². The number of hydrogen-bond acceptors (Lipinski definition) is 3. The summed E-state index contributed by atoms with van der Waals surface area (Å²) in [6.07, 6.45) is 1.40. The van der Waals surface area contributed by atoms with Crippen molar-refractivity contribution in [2.24, 2.45) is 11.7 Å². The summed E-state index contributed by atoms with van der Waals surface area (Å²) in [5, 5.41) is 0. The Bertz CT molecular complexity index is 375. The summed E-state index contributed by atoms with van der Waals surface area (Å²) in [6.45, 7) is 3.47. The number of rotatable bonds is 3. The highest BCUT2D eigenvalue weighted by Gasteiger charge is 2.32. The molecule has 2 nitrogen and oxygen atoms in total. The van der Waals surface area contributed by atoms with E-state index in [9.17, 15) is 0 Å². The quantitative estimate of drug-likeness (QED) is 0.905. The van der Waals surface area contributed by atoms with Gasteiger partial charge in [-0.2, -0.15) is 11.8 Å². The average molecular weight is 262 g/mol. The minimum atomic E-state index is 0.307. The van der Waals surface area contributed by atoms with Crippen LogP contribution in [-0.4, -0.2) is 42.1 Å². The largest absolute Gasteiger partial charge is 0.326 e. The Labute approximate surface area is 114 Å². The third kappa shape index (κ3) is 2.73. The van der Waals surface area contributed by atoms with Crippen LogP contribution in [0.15, 0.2) is 30.3 Å². The van der Waals surface area contributed by atoms with Gasteiger partial charge in [-0.25, -0.2) is 0 Å². The number of benzene rings is 1. The van der Waals surface area contributed by atoms with E-state index in [1.807, 2.05) is 0 Å². The van der Waals surface area contributed by atoms with Gasteiger partial charge in [0, 0.05) is 31.6 Å². The van der Waals surface area contributed by atoms with Gasteiger partial charge in [0.05, 0.1) is 0 Å². The summed E-state index contributed by atoms with van der Waals surface area (Å²) in [6, 6.07) is 11.1. The lowest BCUT2D eigenvalue weighted by Crippen LogP contribution is -2.31. The molecular formula is C15H22N2S. The maximum absolute atomic E-state index is 6.33. The van der Waals surface area contributed by atoms with Crippen LogP contribution in [0.3, 0.4) is 0 Å². The minimum Gasteiger partial charge on any atom is -0.326 e. The molecule has 0 aromatic heterocycles. The molecule has 0 spiro atoms.